The molecule has 2 unspecified atom stereocenters. The number of benzene rings is 2. The van der Waals surface area contributed by atoms with Gasteiger partial charge in [0.1, 0.15) is 11.5 Å². The molecule has 1 fully saturated rings. The van der Waals surface area contributed by atoms with Gasteiger partial charge in [-0.15, -0.1) is 23.2 Å². The summed E-state index contributed by atoms with van der Waals surface area (Å²) in [5.74, 6) is 0.227. The third-order valence-electron chi connectivity index (χ3n) is 4.67. The number of aromatic hydroxyl groups is 2. The van der Waals surface area contributed by atoms with Crippen LogP contribution < -0.4 is 0 Å². The number of alkyl halides is 2. The topological polar surface area (TPSA) is 40.5 Å². The molecule has 3 rings (SSSR count). The summed E-state index contributed by atoms with van der Waals surface area (Å²) in [7, 11) is 0. The van der Waals surface area contributed by atoms with E-state index in [0.717, 1.165) is 30.4 Å². The molecule has 2 N–H and O–H groups in total. The van der Waals surface area contributed by atoms with Crippen LogP contribution in [0.1, 0.15) is 30.4 Å². The highest BCUT2D eigenvalue weighted by atomic mass is 35.5. The molecule has 1 aliphatic rings. The third-order valence-corrected chi connectivity index (χ3v) is 6.10. The largest absolute Gasteiger partial charge is 0.508 e. The lowest BCUT2D eigenvalue weighted by Gasteiger charge is -2.46. The predicted octanol–water partition coefficient (Wildman–Crippen LogP) is 5.44. The Labute approximate surface area is 150 Å². The zero-order chi connectivity index (χ0) is 16.6. The van der Waals surface area contributed by atoms with E-state index in [9.17, 15) is 10.2 Å². The van der Waals surface area contributed by atoms with Crippen molar-refractivity contribution in [3.8, 4) is 11.5 Å². The van der Waals surface area contributed by atoms with Crippen molar-refractivity contribution in [2.45, 2.75) is 35.4 Å². The zero-order valence-electron chi connectivity index (χ0n) is 12.3. The molecule has 2 aromatic rings. The van der Waals surface area contributed by atoms with E-state index in [2.05, 4.69) is 0 Å². The molecule has 122 valence electrons. The van der Waals surface area contributed by atoms with Crippen molar-refractivity contribution >= 4 is 34.8 Å². The molecule has 2 aromatic carbocycles. The summed E-state index contributed by atoms with van der Waals surface area (Å²) < 4.78 is 0. The summed E-state index contributed by atoms with van der Waals surface area (Å²) in [5, 5.41) is 19.2. The molecule has 0 bridgehead atoms. The van der Waals surface area contributed by atoms with Crippen LogP contribution in [0.15, 0.2) is 42.5 Å². The maximum atomic E-state index is 9.73. The molecule has 0 heterocycles. The van der Waals surface area contributed by atoms with Crippen molar-refractivity contribution in [1.29, 1.82) is 0 Å². The van der Waals surface area contributed by atoms with Gasteiger partial charge in [0.2, 0.25) is 0 Å². The Kier molecular flexibility index (Phi) is 4.68. The Balaban J connectivity index is 2.24. The Morgan fingerprint density at radius 3 is 2.00 bits per heavy atom. The summed E-state index contributed by atoms with van der Waals surface area (Å²) in [6, 6.07) is 12.1. The zero-order valence-corrected chi connectivity index (χ0v) is 14.6. The van der Waals surface area contributed by atoms with Crippen molar-refractivity contribution in [2.75, 3.05) is 0 Å². The highest BCUT2D eigenvalue weighted by Crippen LogP contribution is 2.51. The highest BCUT2D eigenvalue weighted by Gasteiger charge is 2.49. The molecule has 2 atom stereocenters. The van der Waals surface area contributed by atoms with Crippen LogP contribution in [0.5, 0.6) is 11.5 Å². The molecule has 0 aliphatic heterocycles. The quantitative estimate of drug-likeness (QED) is 0.690. The Morgan fingerprint density at radius 1 is 0.870 bits per heavy atom. The van der Waals surface area contributed by atoms with Gasteiger partial charge in [-0.1, -0.05) is 36.2 Å². The van der Waals surface area contributed by atoms with Crippen LogP contribution in [0.4, 0.5) is 0 Å². The van der Waals surface area contributed by atoms with Gasteiger partial charge in [0.15, 0.2) is 0 Å². The van der Waals surface area contributed by atoms with E-state index < -0.39 is 5.41 Å². The molecule has 0 radical (unpaired) electrons. The van der Waals surface area contributed by atoms with Crippen LogP contribution in [0.3, 0.4) is 0 Å². The van der Waals surface area contributed by atoms with Crippen LogP contribution >= 0.6 is 34.8 Å². The number of phenolic OH excluding ortho intramolecular Hbond substituents is 2. The summed E-state index contributed by atoms with van der Waals surface area (Å²) >= 11 is 19.7. The van der Waals surface area contributed by atoms with E-state index in [0.29, 0.717) is 0 Å². The highest BCUT2D eigenvalue weighted by molar-refractivity contribution is 6.32. The SMILES string of the molecule is Oc1ccc(C2(c3ccc(O)c(Cl)c3)C(Cl)CCCC2Cl)cc1. The van der Waals surface area contributed by atoms with Gasteiger partial charge < -0.3 is 10.2 Å². The Hall–Kier alpha value is -1.09. The molecule has 0 amide bonds. The molecule has 1 saturated carbocycles. The normalized spacial score (nSPS) is 27.8. The second-order valence-corrected chi connectivity index (χ2v) is 7.41. The number of phenols is 2. The van der Waals surface area contributed by atoms with Gasteiger partial charge in [-0.25, -0.2) is 0 Å². The first-order valence-electron chi connectivity index (χ1n) is 7.53. The summed E-state index contributed by atoms with van der Waals surface area (Å²) in [6.07, 6.45) is 2.64. The van der Waals surface area contributed by atoms with E-state index in [1.54, 1.807) is 24.3 Å². The van der Waals surface area contributed by atoms with Gasteiger partial charge in [0, 0.05) is 10.8 Å². The molecule has 2 nitrogen and oxygen atoms in total. The second kappa shape index (κ2) is 6.43. The van der Waals surface area contributed by atoms with E-state index in [-0.39, 0.29) is 27.3 Å². The smallest absolute Gasteiger partial charge is 0.134 e. The van der Waals surface area contributed by atoms with Gasteiger partial charge in [-0.3, -0.25) is 0 Å². The molecular formula is C18H17Cl3O2. The fourth-order valence-corrected chi connectivity index (χ4v) is 4.88. The number of hydrogen-bond acceptors (Lipinski definition) is 2. The first-order valence-corrected chi connectivity index (χ1v) is 8.78. The minimum Gasteiger partial charge on any atom is -0.508 e. The van der Waals surface area contributed by atoms with Crippen LogP contribution in [0, 0.1) is 0 Å². The van der Waals surface area contributed by atoms with E-state index >= 15 is 0 Å². The van der Waals surface area contributed by atoms with Crippen molar-refractivity contribution in [3.63, 3.8) is 0 Å². The molecule has 5 heteroatoms. The summed E-state index contributed by atoms with van der Waals surface area (Å²) in [6.45, 7) is 0. The van der Waals surface area contributed by atoms with Gasteiger partial charge in [0.25, 0.3) is 0 Å². The maximum absolute atomic E-state index is 9.73. The average Bonchev–Trinajstić information content (AvgIpc) is 2.52. The molecule has 1 aliphatic carbocycles. The fourth-order valence-electron chi connectivity index (χ4n) is 3.52. The van der Waals surface area contributed by atoms with Crippen molar-refractivity contribution in [3.05, 3.63) is 58.6 Å². The van der Waals surface area contributed by atoms with Crippen molar-refractivity contribution in [1.82, 2.24) is 0 Å². The van der Waals surface area contributed by atoms with Gasteiger partial charge >= 0.3 is 0 Å². The minimum atomic E-state index is -0.619. The van der Waals surface area contributed by atoms with Gasteiger partial charge in [-0.2, -0.15) is 0 Å². The molecule has 0 saturated heterocycles. The lowest BCUT2D eigenvalue weighted by atomic mass is 9.64. The summed E-state index contributed by atoms with van der Waals surface area (Å²) in [4.78, 5) is 0. The van der Waals surface area contributed by atoms with Gasteiger partial charge in [-0.05, 0) is 48.2 Å². The molecule has 23 heavy (non-hydrogen) atoms. The second-order valence-electron chi connectivity index (χ2n) is 5.95. The summed E-state index contributed by atoms with van der Waals surface area (Å²) in [5.41, 5.74) is 1.20. The number of halogens is 3. The third kappa shape index (κ3) is 2.77. The van der Waals surface area contributed by atoms with Gasteiger partial charge in [0.05, 0.1) is 10.4 Å². The molecule has 0 aromatic heterocycles. The van der Waals surface area contributed by atoms with E-state index in [4.69, 9.17) is 34.8 Å². The van der Waals surface area contributed by atoms with E-state index in [1.807, 2.05) is 18.2 Å². The monoisotopic (exact) mass is 370 g/mol. The average molecular weight is 372 g/mol. The van der Waals surface area contributed by atoms with Crippen LogP contribution in [0.25, 0.3) is 0 Å². The maximum Gasteiger partial charge on any atom is 0.134 e. The van der Waals surface area contributed by atoms with E-state index in [1.165, 1.54) is 0 Å². The molecule has 0 spiro atoms. The minimum absolute atomic E-state index is 0.0318. The van der Waals surface area contributed by atoms with Crippen LogP contribution in [0.2, 0.25) is 5.02 Å². The first-order chi connectivity index (χ1) is 11.0. The van der Waals surface area contributed by atoms with Crippen LogP contribution in [-0.2, 0) is 5.41 Å². The lowest BCUT2D eigenvalue weighted by molar-refractivity contribution is 0.359. The van der Waals surface area contributed by atoms with Crippen molar-refractivity contribution in [2.24, 2.45) is 0 Å². The lowest BCUT2D eigenvalue weighted by Crippen LogP contribution is -2.48. The number of hydrogen-bond donors (Lipinski definition) is 2. The first kappa shape index (κ1) is 16.8. The predicted molar refractivity (Wildman–Crippen MR) is 95.1 cm³/mol. The number of rotatable bonds is 2. The standard InChI is InChI=1S/C18H17Cl3O2/c19-14-10-12(6-9-15(14)23)18(11-4-7-13(22)8-5-11)16(20)2-1-3-17(18)21/h4-10,16-17,22-23H,1-3H2. The fraction of sp³-hybridized carbons (Fsp3) is 0.333. The van der Waals surface area contributed by atoms with Crippen molar-refractivity contribution < 1.29 is 10.2 Å². The molecular weight excluding hydrogens is 355 g/mol. The Bertz CT molecular complexity index is 690. The Morgan fingerprint density at radius 2 is 1.43 bits per heavy atom. The van der Waals surface area contributed by atoms with Crippen LogP contribution in [-0.4, -0.2) is 21.0 Å².